The molecular formula is C23H35N3O. The molecule has 0 amide bonds. The van der Waals surface area contributed by atoms with E-state index in [9.17, 15) is 4.79 Å². The minimum absolute atomic E-state index is 0.209. The molecule has 2 heterocycles. The molecule has 1 aromatic rings. The first-order chi connectivity index (χ1) is 12.9. The highest BCUT2D eigenvalue weighted by Gasteiger charge is 2.55. The van der Waals surface area contributed by atoms with E-state index in [1.165, 1.54) is 44.5 Å². The van der Waals surface area contributed by atoms with Crippen LogP contribution in [0.15, 0.2) is 12.3 Å². The van der Waals surface area contributed by atoms with E-state index in [0.717, 1.165) is 24.7 Å². The van der Waals surface area contributed by atoms with E-state index in [1.54, 1.807) is 0 Å². The standard InChI is InChI=1S/C23H35N3O/c1-15(2)21(27)18-11-23(12-18)13-19(14-23)26-9-6-17(7-10-26)20-5-8-24-22(25-20)16(3)4/h5,8,15-19H,6-7,9-14H2,1-4H3. The normalized spacial score (nSPS) is 31.9. The molecule has 2 aliphatic carbocycles. The molecule has 4 rings (SSSR count). The van der Waals surface area contributed by atoms with Crippen LogP contribution in [0.3, 0.4) is 0 Å². The van der Waals surface area contributed by atoms with Crippen molar-refractivity contribution < 1.29 is 4.79 Å². The predicted octanol–water partition coefficient (Wildman–Crippen LogP) is 4.56. The second kappa shape index (κ2) is 7.27. The Morgan fingerprint density at radius 1 is 1.11 bits per heavy atom. The molecule has 3 aliphatic rings. The molecule has 4 heteroatoms. The topological polar surface area (TPSA) is 46.1 Å². The van der Waals surface area contributed by atoms with Gasteiger partial charge in [0.1, 0.15) is 11.6 Å². The van der Waals surface area contributed by atoms with E-state index in [2.05, 4.69) is 29.8 Å². The highest BCUT2D eigenvalue weighted by Crippen LogP contribution is 2.60. The van der Waals surface area contributed by atoms with Gasteiger partial charge in [-0.15, -0.1) is 0 Å². The number of Topliss-reactive ketones (excluding diaryl/α,β-unsaturated/α-hetero) is 1. The lowest BCUT2D eigenvalue weighted by Crippen LogP contribution is -2.58. The van der Waals surface area contributed by atoms with Crippen molar-refractivity contribution in [3.05, 3.63) is 23.8 Å². The van der Waals surface area contributed by atoms with Gasteiger partial charge in [-0.3, -0.25) is 4.79 Å². The number of carbonyl (C=O) groups is 1. The Bertz CT molecular complexity index is 677. The molecule has 3 fully saturated rings. The van der Waals surface area contributed by atoms with Crippen LogP contribution in [-0.4, -0.2) is 39.8 Å². The molecule has 0 aromatic carbocycles. The summed E-state index contributed by atoms with van der Waals surface area (Å²) in [6, 6.07) is 2.88. The number of ketones is 1. The number of piperidine rings is 1. The molecule has 1 saturated heterocycles. The lowest BCUT2D eigenvalue weighted by atomic mass is 9.48. The fourth-order valence-electron chi connectivity index (χ4n) is 5.64. The summed E-state index contributed by atoms with van der Waals surface area (Å²) in [4.78, 5) is 24.1. The van der Waals surface area contributed by atoms with Gasteiger partial charge in [-0.2, -0.15) is 0 Å². The predicted molar refractivity (Wildman–Crippen MR) is 108 cm³/mol. The van der Waals surface area contributed by atoms with Crippen molar-refractivity contribution in [1.29, 1.82) is 0 Å². The Hall–Kier alpha value is -1.29. The fourth-order valence-corrected chi connectivity index (χ4v) is 5.64. The van der Waals surface area contributed by atoms with Crippen molar-refractivity contribution in [2.24, 2.45) is 17.3 Å². The summed E-state index contributed by atoms with van der Waals surface area (Å²) >= 11 is 0. The average molecular weight is 370 g/mol. The molecule has 0 N–H and O–H groups in total. The van der Waals surface area contributed by atoms with Crippen molar-refractivity contribution >= 4 is 5.78 Å². The highest BCUT2D eigenvalue weighted by molar-refractivity contribution is 5.83. The summed E-state index contributed by atoms with van der Waals surface area (Å²) in [7, 11) is 0. The molecule has 0 atom stereocenters. The van der Waals surface area contributed by atoms with Gasteiger partial charge >= 0.3 is 0 Å². The maximum atomic E-state index is 12.2. The first-order valence-corrected chi connectivity index (χ1v) is 11.0. The third kappa shape index (κ3) is 3.70. The van der Waals surface area contributed by atoms with E-state index < -0.39 is 0 Å². The Labute approximate surface area is 164 Å². The van der Waals surface area contributed by atoms with Crippen LogP contribution in [-0.2, 0) is 4.79 Å². The number of hydrogen-bond donors (Lipinski definition) is 0. The molecule has 2 saturated carbocycles. The Morgan fingerprint density at radius 2 is 1.78 bits per heavy atom. The summed E-state index contributed by atoms with van der Waals surface area (Å²) < 4.78 is 0. The molecular weight excluding hydrogens is 334 g/mol. The van der Waals surface area contributed by atoms with Crippen LogP contribution in [0, 0.1) is 17.3 Å². The smallest absolute Gasteiger partial charge is 0.138 e. The quantitative estimate of drug-likeness (QED) is 0.763. The Balaban J connectivity index is 1.25. The summed E-state index contributed by atoms with van der Waals surface area (Å²) in [5.74, 6) is 3.03. The molecule has 0 unspecified atom stereocenters. The van der Waals surface area contributed by atoms with Gasteiger partial charge < -0.3 is 4.90 Å². The van der Waals surface area contributed by atoms with Gasteiger partial charge in [0, 0.05) is 41.6 Å². The third-order valence-corrected chi connectivity index (χ3v) is 7.34. The number of aromatic nitrogens is 2. The van der Waals surface area contributed by atoms with Crippen LogP contribution in [0.4, 0.5) is 0 Å². The number of hydrogen-bond acceptors (Lipinski definition) is 4. The van der Waals surface area contributed by atoms with Gasteiger partial charge in [0.2, 0.25) is 0 Å². The van der Waals surface area contributed by atoms with Crippen molar-refractivity contribution in [3.8, 4) is 0 Å². The molecule has 148 valence electrons. The van der Waals surface area contributed by atoms with Gasteiger partial charge in [0.25, 0.3) is 0 Å². The van der Waals surface area contributed by atoms with E-state index in [1.807, 2.05) is 20.0 Å². The molecule has 0 radical (unpaired) electrons. The summed E-state index contributed by atoms with van der Waals surface area (Å²) in [5.41, 5.74) is 1.77. The van der Waals surface area contributed by atoms with Gasteiger partial charge in [-0.05, 0) is 63.1 Å². The van der Waals surface area contributed by atoms with Gasteiger partial charge in [0.15, 0.2) is 0 Å². The summed E-state index contributed by atoms with van der Waals surface area (Å²) in [6.07, 6.45) is 9.34. The van der Waals surface area contributed by atoms with Crippen LogP contribution in [0.25, 0.3) is 0 Å². The van der Waals surface area contributed by atoms with E-state index in [0.29, 0.717) is 29.0 Å². The minimum Gasteiger partial charge on any atom is -0.300 e. The number of rotatable bonds is 5. The maximum Gasteiger partial charge on any atom is 0.138 e. The van der Waals surface area contributed by atoms with Crippen molar-refractivity contribution in [2.45, 2.75) is 84.1 Å². The van der Waals surface area contributed by atoms with Crippen LogP contribution in [0.2, 0.25) is 0 Å². The summed E-state index contributed by atoms with van der Waals surface area (Å²) in [5, 5.41) is 0. The fraction of sp³-hybridized carbons (Fsp3) is 0.783. The first kappa shape index (κ1) is 19.0. The van der Waals surface area contributed by atoms with Crippen LogP contribution < -0.4 is 0 Å². The van der Waals surface area contributed by atoms with Crippen molar-refractivity contribution in [2.75, 3.05) is 13.1 Å². The highest BCUT2D eigenvalue weighted by atomic mass is 16.1. The Morgan fingerprint density at radius 3 is 2.37 bits per heavy atom. The van der Waals surface area contributed by atoms with Crippen molar-refractivity contribution in [3.63, 3.8) is 0 Å². The maximum absolute atomic E-state index is 12.2. The number of carbonyl (C=O) groups excluding carboxylic acids is 1. The second-order valence-corrected chi connectivity index (χ2v) is 10.0. The molecule has 27 heavy (non-hydrogen) atoms. The first-order valence-electron chi connectivity index (χ1n) is 11.0. The van der Waals surface area contributed by atoms with Crippen LogP contribution in [0.5, 0.6) is 0 Å². The van der Waals surface area contributed by atoms with Crippen LogP contribution >= 0.6 is 0 Å². The molecule has 1 aromatic heterocycles. The van der Waals surface area contributed by atoms with Gasteiger partial charge in [-0.1, -0.05) is 27.7 Å². The van der Waals surface area contributed by atoms with Gasteiger partial charge in [-0.25, -0.2) is 9.97 Å². The zero-order valence-electron chi connectivity index (χ0n) is 17.4. The SMILES string of the molecule is CC(C)C(=O)C1CC2(C1)CC(N1CCC(c3ccnc(C(C)C)n3)CC1)C2. The molecule has 4 nitrogen and oxygen atoms in total. The van der Waals surface area contributed by atoms with Gasteiger partial charge in [0.05, 0.1) is 0 Å². The number of likely N-dealkylation sites (tertiary alicyclic amines) is 1. The van der Waals surface area contributed by atoms with Crippen molar-refractivity contribution in [1.82, 2.24) is 14.9 Å². The second-order valence-electron chi connectivity index (χ2n) is 10.0. The van der Waals surface area contributed by atoms with Crippen LogP contribution in [0.1, 0.15) is 89.6 Å². The van der Waals surface area contributed by atoms with E-state index in [-0.39, 0.29) is 5.92 Å². The zero-order chi connectivity index (χ0) is 19.2. The molecule has 0 bridgehead atoms. The third-order valence-electron chi connectivity index (χ3n) is 7.34. The lowest BCUT2D eigenvalue weighted by Gasteiger charge is -2.60. The minimum atomic E-state index is 0.209. The lowest BCUT2D eigenvalue weighted by molar-refractivity contribution is -0.144. The van der Waals surface area contributed by atoms with E-state index >= 15 is 0 Å². The number of nitrogens with zero attached hydrogens (tertiary/aromatic N) is 3. The molecule has 1 spiro atoms. The monoisotopic (exact) mass is 369 g/mol. The largest absolute Gasteiger partial charge is 0.300 e. The average Bonchev–Trinajstić information content (AvgIpc) is 2.59. The molecule has 1 aliphatic heterocycles. The Kier molecular flexibility index (Phi) is 5.13. The summed E-state index contributed by atoms with van der Waals surface area (Å²) in [6.45, 7) is 10.8. The van der Waals surface area contributed by atoms with E-state index in [4.69, 9.17) is 4.98 Å². The zero-order valence-corrected chi connectivity index (χ0v) is 17.4.